The summed E-state index contributed by atoms with van der Waals surface area (Å²) in [5, 5.41) is 0. The van der Waals surface area contributed by atoms with Gasteiger partial charge in [-0.2, -0.15) is 0 Å². The number of hydrogen-bond acceptors (Lipinski definition) is 2. The molecule has 0 aromatic carbocycles. The predicted molar refractivity (Wildman–Crippen MR) is 59.6 cm³/mol. The van der Waals surface area contributed by atoms with Gasteiger partial charge in [0.2, 0.25) is 0 Å². The second-order valence-electron chi connectivity index (χ2n) is 5.95. The molecule has 1 saturated carbocycles. The summed E-state index contributed by atoms with van der Waals surface area (Å²) in [5.41, 5.74) is 0. The van der Waals surface area contributed by atoms with Crippen LogP contribution in [0.15, 0.2) is 0 Å². The molecule has 86 valence electrons. The fraction of sp³-hybridized carbons (Fsp3) is 1.00. The second-order valence-corrected chi connectivity index (χ2v) is 5.95. The average Bonchev–Trinajstić information content (AvgIpc) is 2.40. The van der Waals surface area contributed by atoms with Gasteiger partial charge in [-0.1, -0.05) is 12.2 Å². The van der Waals surface area contributed by atoms with Gasteiger partial charge in [0, 0.05) is 24.9 Å². The lowest BCUT2D eigenvalue weighted by Gasteiger charge is -2.47. The highest BCUT2D eigenvalue weighted by Crippen LogP contribution is 2.40. The molecule has 0 aromatic rings. The van der Waals surface area contributed by atoms with E-state index < -0.39 is 6.69 Å². The van der Waals surface area contributed by atoms with E-state index in [1.165, 1.54) is 32.4 Å². The van der Waals surface area contributed by atoms with E-state index in [1.807, 2.05) is 14.2 Å². The van der Waals surface area contributed by atoms with E-state index in [0.29, 0.717) is 0 Å². The van der Waals surface area contributed by atoms with Crippen LogP contribution in [-0.4, -0.2) is 34.0 Å². The van der Waals surface area contributed by atoms with E-state index in [-0.39, 0.29) is 0 Å². The number of rotatable bonds is 2. The molecule has 0 amide bonds. The number of piperidine rings is 1. The fourth-order valence-electron chi connectivity index (χ4n) is 4.64. The molecule has 0 aromatic heterocycles. The number of nitrogens with one attached hydrogen (secondary N) is 1. The van der Waals surface area contributed by atoms with Crippen molar-refractivity contribution in [3.63, 3.8) is 0 Å². The topological polar surface area (TPSA) is 22.9 Å². The molecule has 2 atom stereocenters. The highest BCUT2D eigenvalue weighted by Gasteiger charge is 2.52. The standard InChI is InChI=1S/C11H22BNO2/c1-14-12(15-2)6-9-3-10-5-11(4-9)8-13(12)7-10/h9-11,13H,3-8H2,1-2H3. The number of fused-ring (bicyclic) bond motifs is 1. The lowest BCUT2D eigenvalue weighted by Crippen LogP contribution is -3.25. The number of quaternary nitrogens is 1. The Kier molecular flexibility index (Phi) is 2.34. The van der Waals surface area contributed by atoms with E-state index in [0.717, 1.165) is 24.1 Å². The maximum absolute atomic E-state index is 5.79. The van der Waals surface area contributed by atoms with Gasteiger partial charge >= 0.3 is 6.69 Å². The molecule has 3 nitrogen and oxygen atoms in total. The van der Waals surface area contributed by atoms with Crippen LogP contribution in [0, 0.1) is 17.8 Å². The molecule has 3 heterocycles. The first-order valence-electron chi connectivity index (χ1n) is 6.37. The highest BCUT2D eigenvalue weighted by atomic mass is 16.6. The van der Waals surface area contributed by atoms with E-state index in [9.17, 15) is 0 Å². The molecule has 1 aliphatic carbocycles. The van der Waals surface area contributed by atoms with Gasteiger partial charge in [-0.25, -0.2) is 0 Å². The van der Waals surface area contributed by atoms with Gasteiger partial charge < -0.3 is 14.1 Å². The van der Waals surface area contributed by atoms with Crippen LogP contribution in [0.3, 0.4) is 0 Å². The smallest absolute Gasteiger partial charge is 0.470 e. The average molecular weight is 211 g/mol. The Bertz CT molecular complexity index is 243. The van der Waals surface area contributed by atoms with Crippen molar-refractivity contribution >= 4 is 6.69 Å². The second kappa shape index (κ2) is 3.47. The molecular formula is C11H22BNO2. The van der Waals surface area contributed by atoms with Gasteiger partial charge in [-0.05, 0) is 33.5 Å². The van der Waals surface area contributed by atoms with E-state index in [4.69, 9.17) is 9.31 Å². The zero-order valence-electron chi connectivity index (χ0n) is 9.87. The number of hydrogen-bond donors (Lipinski definition) is 1. The van der Waals surface area contributed by atoms with Gasteiger partial charge in [0.1, 0.15) is 0 Å². The normalized spacial score (nSPS) is 46.8. The molecule has 0 spiro atoms. The Labute approximate surface area is 92.1 Å². The maximum Gasteiger partial charge on any atom is 0.470 e. The van der Waals surface area contributed by atoms with Crippen LogP contribution in [0.1, 0.15) is 19.3 Å². The Morgan fingerprint density at radius 3 is 2.00 bits per heavy atom. The third-order valence-electron chi connectivity index (χ3n) is 5.13. The van der Waals surface area contributed by atoms with Crippen LogP contribution in [0.2, 0.25) is 6.32 Å². The molecule has 3 aliphatic heterocycles. The van der Waals surface area contributed by atoms with Gasteiger partial charge in [0.15, 0.2) is 0 Å². The lowest BCUT2D eigenvalue weighted by atomic mass is 9.62. The molecule has 4 fully saturated rings. The first-order valence-corrected chi connectivity index (χ1v) is 6.37. The first kappa shape index (κ1) is 10.1. The Hall–Kier alpha value is -0.0551. The summed E-state index contributed by atoms with van der Waals surface area (Å²) in [4.78, 5) is 1.61. The van der Waals surface area contributed by atoms with Crippen molar-refractivity contribution in [3.05, 3.63) is 0 Å². The van der Waals surface area contributed by atoms with Gasteiger partial charge in [0.05, 0.1) is 0 Å². The lowest BCUT2D eigenvalue weighted by molar-refractivity contribution is -0.829. The summed E-state index contributed by atoms with van der Waals surface area (Å²) in [6, 6.07) is 0. The highest BCUT2D eigenvalue weighted by molar-refractivity contribution is 6.58. The van der Waals surface area contributed by atoms with Crippen LogP contribution < -0.4 is 4.81 Å². The van der Waals surface area contributed by atoms with Crippen molar-refractivity contribution < 1.29 is 14.1 Å². The Balaban J connectivity index is 1.93. The molecule has 4 rings (SSSR count). The minimum absolute atomic E-state index is 0.869. The van der Waals surface area contributed by atoms with Gasteiger partial charge in [-0.3, -0.25) is 0 Å². The molecule has 2 unspecified atom stereocenters. The van der Waals surface area contributed by atoms with Crippen molar-refractivity contribution in [2.45, 2.75) is 25.6 Å². The summed E-state index contributed by atoms with van der Waals surface area (Å²) < 4.78 is 11.6. The molecule has 1 N–H and O–H groups in total. The largest absolute Gasteiger partial charge is 0.516 e. The summed E-state index contributed by atoms with van der Waals surface area (Å²) in [5.74, 6) is 2.77. The van der Waals surface area contributed by atoms with E-state index in [2.05, 4.69) is 0 Å². The van der Waals surface area contributed by atoms with Crippen molar-refractivity contribution in [2.24, 2.45) is 17.8 Å². The first-order chi connectivity index (χ1) is 7.25. The van der Waals surface area contributed by atoms with Crippen LogP contribution in [0.5, 0.6) is 0 Å². The Morgan fingerprint density at radius 2 is 1.47 bits per heavy atom. The zero-order valence-corrected chi connectivity index (χ0v) is 9.87. The monoisotopic (exact) mass is 211 g/mol. The fourth-order valence-corrected chi connectivity index (χ4v) is 4.64. The van der Waals surface area contributed by atoms with Crippen molar-refractivity contribution in [1.29, 1.82) is 0 Å². The van der Waals surface area contributed by atoms with Crippen molar-refractivity contribution in [3.8, 4) is 0 Å². The minimum atomic E-state index is -1.04. The third-order valence-corrected chi connectivity index (χ3v) is 5.13. The summed E-state index contributed by atoms with van der Waals surface area (Å²) in [6.45, 7) is 1.54. The SMILES string of the molecule is CO[B-]1(OC)CC2CC3CC(C2)C[NH+]1C3. The quantitative estimate of drug-likeness (QED) is 0.657. The molecular weight excluding hydrogens is 189 g/mol. The maximum atomic E-state index is 5.79. The van der Waals surface area contributed by atoms with Crippen LogP contribution in [0.4, 0.5) is 0 Å². The molecule has 4 heteroatoms. The molecule has 3 saturated heterocycles. The van der Waals surface area contributed by atoms with Crippen LogP contribution in [-0.2, 0) is 9.31 Å². The third kappa shape index (κ3) is 1.46. The predicted octanol–water partition coefficient (Wildman–Crippen LogP) is 0.163. The molecule has 4 aliphatic rings. The van der Waals surface area contributed by atoms with E-state index in [1.54, 1.807) is 4.81 Å². The van der Waals surface area contributed by atoms with E-state index >= 15 is 0 Å². The minimum Gasteiger partial charge on any atom is -0.516 e. The zero-order chi connectivity index (χ0) is 10.5. The van der Waals surface area contributed by atoms with Crippen molar-refractivity contribution in [1.82, 2.24) is 0 Å². The molecule has 15 heavy (non-hydrogen) atoms. The van der Waals surface area contributed by atoms with Crippen molar-refractivity contribution in [2.75, 3.05) is 27.3 Å². The summed E-state index contributed by atoms with van der Waals surface area (Å²) >= 11 is 0. The molecule has 4 bridgehead atoms. The van der Waals surface area contributed by atoms with Crippen LogP contribution >= 0.6 is 0 Å². The van der Waals surface area contributed by atoms with Gasteiger partial charge in [0.25, 0.3) is 0 Å². The summed E-state index contributed by atoms with van der Waals surface area (Å²) in [6.07, 6.45) is 5.49. The van der Waals surface area contributed by atoms with Gasteiger partial charge in [-0.15, -0.1) is 0 Å². The Morgan fingerprint density at radius 1 is 0.933 bits per heavy atom. The summed E-state index contributed by atoms with van der Waals surface area (Å²) in [7, 11) is 3.67. The van der Waals surface area contributed by atoms with Crippen LogP contribution in [0.25, 0.3) is 0 Å². The molecule has 0 radical (unpaired) electrons.